The summed E-state index contributed by atoms with van der Waals surface area (Å²) in [6.45, 7) is 6.74. The molecule has 9 aromatic rings. The van der Waals surface area contributed by atoms with Crippen molar-refractivity contribution >= 4 is 64.3 Å². The van der Waals surface area contributed by atoms with E-state index in [0.29, 0.717) is 0 Å². The topological polar surface area (TPSA) is 44.9 Å². The third-order valence-corrected chi connectivity index (χ3v) is 10.3. The average molecular weight is 629 g/mol. The normalized spacial score (nSPS) is 12.3. The zero-order valence-corrected chi connectivity index (χ0v) is 27.5. The molecular weight excluding hydrogens is 597 g/mol. The van der Waals surface area contributed by atoms with Gasteiger partial charge in [0.2, 0.25) is 0 Å². The first-order chi connectivity index (χ1) is 22.8. The molecule has 0 saturated carbocycles. The number of aromatic nitrogens is 4. The lowest BCUT2D eigenvalue weighted by molar-refractivity contribution is 0.483. The van der Waals surface area contributed by atoms with Gasteiger partial charge in [0.15, 0.2) is 0 Å². The number of pyridine rings is 1. The molecule has 0 atom stereocenters. The van der Waals surface area contributed by atoms with Gasteiger partial charge in [-0.05, 0) is 71.6 Å². The summed E-state index contributed by atoms with van der Waals surface area (Å²) in [5.41, 5.74) is 6.55. The van der Waals surface area contributed by atoms with Crippen LogP contribution in [0.3, 0.4) is 0 Å². The van der Waals surface area contributed by atoms with Crippen LogP contribution in [0.1, 0.15) is 26.3 Å². The lowest BCUT2D eigenvalue weighted by atomic mass is 9.88. The van der Waals surface area contributed by atoms with Gasteiger partial charge >= 0.3 is 0 Å². The lowest BCUT2D eigenvalue weighted by Crippen LogP contribution is -2.12. The molecule has 0 amide bonds. The Labute approximate surface area is 276 Å². The number of imidazole rings is 1. The molecule has 0 N–H and O–H groups in total. The predicted molar refractivity (Wildman–Crippen MR) is 196 cm³/mol. The Kier molecular flexibility index (Phi) is 6.08. The number of hydrogen-bond acceptors (Lipinski definition) is 4. The first kappa shape index (κ1) is 27.8. The van der Waals surface area contributed by atoms with Crippen LogP contribution in [0.2, 0.25) is 0 Å². The van der Waals surface area contributed by atoms with E-state index in [1.165, 1.54) is 42.0 Å². The third kappa shape index (κ3) is 4.43. The number of hydrogen-bond donors (Lipinski definition) is 0. The van der Waals surface area contributed by atoms with Crippen LogP contribution in [0.5, 0.6) is 11.5 Å². The van der Waals surface area contributed by atoms with E-state index in [1.54, 1.807) is 0 Å². The molecule has 4 aromatic heterocycles. The van der Waals surface area contributed by atoms with Crippen molar-refractivity contribution in [3.05, 3.63) is 127 Å². The molecule has 0 fully saturated rings. The van der Waals surface area contributed by atoms with E-state index >= 15 is 0 Å². The van der Waals surface area contributed by atoms with Crippen molar-refractivity contribution in [2.45, 2.75) is 26.2 Å². The smallest absolute Gasteiger partial charge is 0.140 e. The fourth-order valence-electron chi connectivity index (χ4n) is 6.84. The minimum atomic E-state index is -0.0147. The van der Waals surface area contributed by atoms with Crippen molar-refractivity contribution in [3.8, 4) is 28.7 Å². The largest absolute Gasteiger partial charge is 0.457 e. The van der Waals surface area contributed by atoms with Gasteiger partial charge in [0.05, 0.1) is 22.1 Å². The fourth-order valence-corrected chi connectivity index (χ4v) is 7.95. The summed E-state index contributed by atoms with van der Waals surface area (Å²) in [5, 5.41) is 4.90. The molecule has 47 heavy (non-hydrogen) atoms. The van der Waals surface area contributed by atoms with Crippen LogP contribution in [-0.4, -0.2) is 19.1 Å². The highest BCUT2D eigenvalue weighted by Crippen LogP contribution is 2.44. The van der Waals surface area contributed by atoms with Gasteiger partial charge in [-0.1, -0.05) is 69.3 Å². The summed E-state index contributed by atoms with van der Waals surface area (Å²) < 4.78 is 13.6. The molecule has 4 heterocycles. The van der Waals surface area contributed by atoms with Crippen molar-refractivity contribution in [2.75, 3.05) is 0 Å². The molecule has 0 radical (unpaired) electrons. The van der Waals surface area contributed by atoms with Crippen LogP contribution in [-0.2, 0) is 12.5 Å². The minimum Gasteiger partial charge on any atom is -0.457 e. The zero-order valence-electron chi connectivity index (χ0n) is 26.7. The number of benzene rings is 5. The maximum absolute atomic E-state index is 6.60. The quantitative estimate of drug-likeness (QED) is 0.195. The molecule has 5 aromatic carbocycles. The highest BCUT2D eigenvalue weighted by Gasteiger charge is 2.21. The fraction of sp³-hybridized carbons (Fsp3) is 0.122. The Balaban J connectivity index is 1.24. The summed E-state index contributed by atoms with van der Waals surface area (Å²) in [5.74, 6) is 3.34. The molecule has 0 aliphatic heterocycles. The van der Waals surface area contributed by atoms with E-state index in [2.05, 4.69) is 122 Å². The highest BCUT2D eigenvalue weighted by atomic mass is 32.1. The van der Waals surface area contributed by atoms with Crippen LogP contribution < -0.4 is 4.74 Å². The maximum Gasteiger partial charge on any atom is 0.140 e. The first-order valence-electron chi connectivity index (χ1n) is 15.9. The van der Waals surface area contributed by atoms with Gasteiger partial charge in [0, 0.05) is 55.8 Å². The molecule has 9 rings (SSSR count). The Morgan fingerprint density at radius 3 is 2.36 bits per heavy atom. The van der Waals surface area contributed by atoms with Crippen LogP contribution in [0.25, 0.3) is 70.2 Å². The highest BCUT2D eigenvalue weighted by molar-refractivity contribution is 7.26. The molecule has 5 nitrogen and oxygen atoms in total. The van der Waals surface area contributed by atoms with Gasteiger partial charge in [0.25, 0.3) is 0 Å². The predicted octanol–water partition coefficient (Wildman–Crippen LogP) is 11.2. The van der Waals surface area contributed by atoms with E-state index in [0.717, 1.165) is 45.3 Å². The molecule has 0 spiro atoms. The van der Waals surface area contributed by atoms with Crippen molar-refractivity contribution in [1.29, 1.82) is 0 Å². The zero-order chi connectivity index (χ0) is 31.9. The van der Waals surface area contributed by atoms with Gasteiger partial charge in [-0.25, -0.2) is 9.97 Å². The van der Waals surface area contributed by atoms with E-state index < -0.39 is 0 Å². The molecule has 0 bridgehead atoms. The van der Waals surface area contributed by atoms with Gasteiger partial charge in [-0.15, -0.1) is 11.3 Å². The molecule has 0 aliphatic rings. The van der Waals surface area contributed by atoms with Crippen LogP contribution in [0, 0.1) is 0 Å². The Bertz CT molecular complexity index is 2670. The molecule has 0 saturated heterocycles. The summed E-state index contributed by atoms with van der Waals surface area (Å²) in [7, 11) is 2.06. The lowest BCUT2D eigenvalue weighted by Gasteiger charge is -2.20. The number of fused-ring (bicyclic) bond motifs is 8. The summed E-state index contributed by atoms with van der Waals surface area (Å²) >= 11 is 1.84. The second-order valence-electron chi connectivity index (χ2n) is 13.2. The van der Waals surface area contributed by atoms with E-state index in [4.69, 9.17) is 14.7 Å². The number of thiophene rings is 1. The molecule has 0 aliphatic carbocycles. The number of nitrogens with zero attached hydrogens (tertiary/aromatic N) is 4. The van der Waals surface area contributed by atoms with Crippen molar-refractivity contribution in [2.24, 2.45) is 7.05 Å². The summed E-state index contributed by atoms with van der Waals surface area (Å²) in [6.07, 6.45) is 1.94. The molecule has 0 unspecified atom stereocenters. The van der Waals surface area contributed by atoms with Crippen molar-refractivity contribution < 1.29 is 4.74 Å². The summed E-state index contributed by atoms with van der Waals surface area (Å²) in [6, 6.07) is 40.4. The Morgan fingerprint density at radius 1 is 0.681 bits per heavy atom. The van der Waals surface area contributed by atoms with Crippen molar-refractivity contribution in [1.82, 2.24) is 19.1 Å². The van der Waals surface area contributed by atoms with Crippen molar-refractivity contribution in [3.63, 3.8) is 0 Å². The monoisotopic (exact) mass is 628 g/mol. The standard InChI is InChI=1S/C41H32N4OS/c1-41(2,3)26-20-21-42-37(23-26)45-34-24-28(46-27-11-9-10-25(22-27)40-43-32-13-6-7-14-33(32)44(40)4)16-17-29(34)30-18-19-36-38(39(30)45)31-12-5-8-15-35(31)47-36/h5-24H,1-4H3. The molecule has 6 heteroatoms. The van der Waals surface area contributed by atoms with Crippen LogP contribution >= 0.6 is 11.3 Å². The van der Waals surface area contributed by atoms with Gasteiger partial charge in [0.1, 0.15) is 23.1 Å². The molecule has 228 valence electrons. The average Bonchev–Trinajstić information content (AvgIpc) is 3.73. The minimum absolute atomic E-state index is 0.0147. The number of para-hydroxylation sites is 2. The molecular formula is C41H32N4OS. The second kappa shape index (κ2) is 10.3. The third-order valence-electron chi connectivity index (χ3n) is 9.20. The van der Waals surface area contributed by atoms with Crippen LogP contribution in [0.4, 0.5) is 0 Å². The van der Waals surface area contributed by atoms with E-state index in [1.807, 2.05) is 47.9 Å². The number of rotatable bonds is 4. The summed E-state index contributed by atoms with van der Waals surface area (Å²) in [4.78, 5) is 9.87. The Morgan fingerprint density at radius 2 is 1.49 bits per heavy atom. The van der Waals surface area contributed by atoms with E-state index in [9.17, 15) is 0 Å². The van der Waals surface area contributed by atoms with Gasteiger partial charge < -0.3 is 9.30 Å². The van der Waals surface area contributed by atoms with Crippen LogP contribution in [0.15, 0.2) is 121 Å². The maximum atomic E-state index is 6.60. The number of aryl methyl sites for hydroxylation is 1. The van der Waals surface area contributed by atoms with Gasteiger partial charge in [-0.2, -0.15) is 0 Å². The Hall–Kier alpha value is -5.46. The number of ether oxygens (including phenoxy) is 1. The van der Waals surface area contributed by atoms with E-state index in [-0.39, 0.29) is 5.41 Å². The van der Waals surface area contributed by atoms with Gasteiger partial charge in [-0.3, -0.25) is 4.57 Å². The first-order valence-corrected chi connectivity index (χ1v) is 16.7. The SMILES string of the molecule is Cn1c(-c2cccc(Oc3ccc4c5ccc6sc7ccccc7c6c5n(-c5cc(C(C)(C)C)ccn5)c4c3)c2)nc2ccccc21. The second-order valence-corrected chi connectivity index (χ2v) is 14.3.